The average Bonchev–Trinajstić information content (AvgIpc) is 2.46. The first-order valence-electron chi connectivity index (χ1n) is 6.97. The highest BCUT2D eigenvalue weighted by molar-refractivity contribution is 5.81. The van der Waals surface area contributed by atoms with Crippen molar-refractivity contribution >= 4 is 11.9 Å². The molecule has 0 unspecified atom stereocenters. The zero-order valence-corrected chi connectivity index (χ0v) is 11.8. The lowest BCUT2D eigenvalue weighted by Gasteiger charge is -2.00. The van der Waals surface area contributed by atoms with Crippen LogP contribution in [0.3, 0.4) is 0 Å². The summed E-state index contributed by atoms with van der Waals surface area (Å²) in [4.78, 5) is 4.50. The molecule has 2 aromatic rings. The monoisotopic (exact) mass is 251 g/mol. The zero-order chi connectivity index (χ0) is 13.5. The van der Waals surface area contributed by atoms with Gasteiger partial charge in [0, 0.05) is 6.21 Å². The summed E-state index contributed by atoms with van der Waals surface area (Å²) < 4.78 is 0. The van der Waals surface area contributed by atoms with Crippen LogP contribution in [0.15, 0.2) is 53.5 Å². The fraction of sp³-hybridized carbons (Fsp3) is 0.278. The lowest BCUT2D eigenvalue weighted by molar-refractivity contribution is 0.795. The van der Waals surface area contributed by atoms with Crippen LogP contribution in [0.5, 0.6) is 0 Å². The molecule has 0 aromatic heterocycles. The minimum Gasteiger partial charge on any atom is -0.256 e. The van der Waals surface area contributed by atoms with Crippen molar-refractivity contribution in [2.24, 2.45) is 4.99 Å². The lowest BCUT2D eigenvalue weighted by Crippen LogP contribution is -1.83. The van der Waals surface area contributed by atoms with Crippen molar-refractivity contribution in [1.29, 1.82) is 0 Å². The largest absolute Gasteiger partial charge is 0.256 e. The van der Waals surface area contributed by atoms with Gasteiger partial charge in [-0.25, -0.2) is 0 Å². The third kappa shape index (κ3) is 4.36. The van der Waals surface area contributed by atoms with Gasteiger partial charge in [-0.3, -0.25) is 4.99 Å². The highest BCUT2D eigenvalue weighted by Gasteiger charge is 1.93. The second kappa shape index (κ2) is 6.89. The van der Waals surface area contributed by atoms with Crippen LogP contribution in [0.1, 0.15) is 36.5 Å². The lowest BCUT2D eigenvalue weighted by atomic mass is 10.1. The standard InChI is InChI=1S/C18H21N/c1-3-4-5-16-10-12-18(13-11-16)19-14-17-8-6-15(2)7-9-17/h6-14H,3-5H2,1-2H3/b19-14+. The number of unbranched alkanes of at least 4 members (excludes halogenated alkanes) is 1. The molecule has 0 N–H and O–H groups in total. The molecule has 0 spiro atoms. The molecule has 0 saturated carbocycles. The van der Waals surface area contributed by atoms with Gasteiger partial charge in [0.25, 0.3) is 0 Å². The summed E-state index contributed by atoms with van der Waals surface area (Å²) in [5, 5.41) is 0. The van der Waals surface area contributed by atoms with Crippen LogP contribution >= 0.6 is 0 Å². The van der Waals surface area contributed by atoms with E-state index < -0.39 is 0 Å². The summed E-state index contributed by atoms with van der Waals surface area (Å²) >= 11 is 0. The maximum atomic E-state index is 4.50. The Balaban J connectivity index is 2.00. The Hall–Kier alpha value is -1.89. The number of rotatable bonds is 5. The smallest absolute Gasteiger partial charge is 0.0630 e. The molecule has 0 aliphatic heterocycles. The maximum Gasteiger partial charge on any atom is 0.0630 e. The molecule has 0 saturated heterocycles. The molecule has 0 aliphatic rings. The van der Waals surface area contributed by atoms with E-state index in [-0.39, 0.29) is 0 Å². The van der Waals surface area contributed by atoms with Gasteiger partial charge in [0.2, 0.25) is 0 Å². The van der Waals surface area contributed by atoms with Gasteiger partial charge >= 0.3 is 0 Å². The number of hydrogen-bond donors (Lipinski definition) is 0. The van der Waals surface area contributed by atoms with Gasteiger partial charge in [0.05, 0.1) is 5.69 Å². The number of hydrogen-bond acceptors (Lipinski definition) is 1. The predicted octanol–water partition coefficient (Wildman–Crippen LogP) is 5.09. The van der Waals surface area contributed by atoms with Gasteiger partial charge in [-0.05, 0) is 43.0 Å². The van der Waals surface area contributed by atoms with Crippen LogP contribution in [0.25, 0.3) is 0 Å². The van der Waals surface area contributed by atoms with Crippen molar-refractivity contribution in [1.82, 2.24) is 0 Å². The average molecular weight is 251 g/mol. The summed E-state index contributed by atoms with van der Waals surface area (Å²) in [6.07, 6.45) is 5.58. The van der Waals surface area contributed by atoms with Crippen LogP contribution in [-0.2, 0) is 6.42 Å². The van der Waals surface area contributed by atoms with Crippen molar-refractivity contribution in [3.8, 4) is 0 Å². The molecule has 0 heterocycles. The summed E-state index contributed by atoms with van der Waals surface area (Å²) in [5.41, 5.74) is 4.83. The third-order valence-corrected chi connectivity index (χ3v) is 3.20. The van der Waals surface area contributed by atoms with Gasteiger partial charge in [-0.2, -0.15) is 0 Å². The van der Waals surface area contributed by atoms with Crippen LogP contribution < -0.4 is 0 Å². The molecule has 0 fully saturated rings. The molecular weight excluding hydrogens is 230 g/mol. The van der Waals surface area contributed by atoms with Crippen molar-refractivity contribution in [3.05, 3.63) is 65.2 Å². The molecule has 98 valence electrons. The van der Waals surface area contributed by atoms with Gasteiger partial charge in [-0.1, -0.05) is 55.3 Å². The van der Waals surface area contributed by atoms with Gasteiger partial charge in [0.15, 0.2) is 0 Å². The topological polar surface area (TPSA) is 12.4 Å². The molecule has 0 bridgehead atoms. The van der Waals surface area contributed by atoms with Gasteiger partial charge in [-0.15, -0.1) is 0 Å². The van der Waals surface area contributed by atoms with E-state index >= 15 is 0 Å². The Morgan fingerprint density at radius 1 is 0.947 bits per heavy atom. The number of nitrogens with zero attached hydrogens (tertiary/aromatic N) is 1. The molecule has 2 rings (SSSR count). The summed E-state index contributed by atoms with van der Waals surface area (Å²) in [6, 6.07) is 16.9. The van der Waals surface area contributed by atoms with Gasteiger partial charge in [0.1, 0.15) is 0 Å². The van der Waals surface area contributed by atoms with E-state index in [1.54, 1.807) is 0 Å². The van der Waals surface area contributed by atoms with E-state index in [1.165, 1.54) is 30.4 Å². The Morgan fingerprint density at radius 2 is 1.63 bits per heavy atom. The van der Waals surface area contributed by atoms with Crippen molar-refractivity contribution in [2.45, 2.75) is 33.1 Å². The molecule has 1 nitrogen and oxygen atoms in total. The van der Waals surface area contributed by atoms with Crippen LogP contribution in [0, 0.1) is 6.92 Å². The summed E-state index contributed by atoms with van der Waals surface area (Å²) in [6.45, 7) is 4.32. The van der Waals surface area contributed by atoms with Crippen molar-refractivity contribution in [3.63, 3.8) is 0 Å². The Labute approximate surface area is 116 Å². The van der Waals surface area contributed by atoms with Crippen molar-refractivity contribution < 1.29 is 0 Å². The summed E-state index contributed by atoms with van der Waals surface area (Å²) in [5.74, 6) is 0. The second-order valence-corrected chi connectivity index (χ2v) is 4.94. The van der Waals surface area contributed by atoms with Crippen LogP contribution in [-0.4, -0.2) is 6.21 Å². The highest BCUT2D eigenvalue weighted by Crippen LogP contribution is 2.14. The Kier molecular flexibility index (Phi) is 4.91. The highest BCUT2D eigenvalue weighted by atomic mass is 14.7. The predicted molar refractivity (Wildman–Crippen MR) is 83.5 cm³/mol. The number of aryl methyl sites for hydroxylation is 2. The first-order chi connectivity index (χ1) is 9.28. The fourth-order valence-corrected chi connectivity index (χ4v) is 1.93. The van der Waals surface area contributed by atoms with Crippen LogP contribution in [0.2, 0.25) is 0 Å². The number of benzene rings is 2. The maximum absolute atomic E-state index is 4.50. The molecule has 19 heavy (non-hydrogen) atoms. The molecule has 0 aliphatic carbocycles. The first kappa shape index (κ1) is 13.5. The van der Waals surface area contributed by atoms with E-state index in [9.17, 15) is 0 Å². The van der Waals surface area contributed by atoms with E-state index in [2.05, 4.69) is 67.4 Å². The Morgan fingerprint density at radius 3 is 2.26 bits per heavy atom. The molecular formula is C18H21N. The molecule has 2 aromatic carbocycles. The Bertz CT molecular complexity index is 521. The molecule has 0 radical (unpaired) electrons. The minimum atomic E-state index is 1.01. The number of aliphatic imine (C=N–C) groups is 1. The van der Waals surface area contributed by atoms with E-state index in [4.69, 9.17) is 0 Å². The first-order valence-corrected chi connectivity index (χ1v) is 6.97. The van der Waals surface area contributed by atoms with Gasteiger partial charge < -0.3 is 0 Å². The quantitative estimate of drug-likeness (QED) is 0.656. The molecule has 1 heteroatoms. The SMILES string of the molecule is CCCCc1ccc(/N=C/c2ccc(C)cc2)cc1. The normalized spacial score (nSPS) is 11.1. The molecule has 0 amide bonds. The van der Waals surface area contributed by atoms with Crippen LogP contribution in [0.4, 0.5) is 5.69 Å². The van der Waals surface area contributed by atoms with E-state index in [0.29, 0.717) is 0 Å². The molecule has 0 atom stereocenters. The minimum absolute atomic E-state index is 1.01. The summed E-state index contributed by atoms with van der Waals surface area (Å²) in [7, 11) is 0. The fourth-order valence-electron chi connectivity index (χ4n) is 1.93. The zero-order valence-electron chi connectivity index (χ0n) is 11.8. The van der Waals surface area contributed by atoms with E-state index in [1.807, 2.05) is 6.21 Å². The van der Waals surface area contributed by atoms with E-state index in [0.717, 1.165) is 11.3 Å². The second-order valence-electron chi connectivity index (χ2n) is 4.94. The van der Waals surface area contributed by atoms with Crippen molar-refractivity contribution in [2.75, 3.05) is 0 Å². The third-order valence-electron chi connectivity index (χ3n) is 3.20.